The summed E-state index contributed by atoms with van der Waals surface area (Å²) in [5, 5.41) is 23.8. The van der Waals surface area contributed by atoms with E-state index in [1.165, 1.54) is 0 Å². The molecule has 0 saturated carbocycles. The zero-order valence-corrected chi connectivity index (χ0v) is 23.5. The number of carbonyl (C=O) groups is 2. The fourth-order valence-corrected chi connectivity index (χ4v) is 3.80. The van der Waals surface area contributed by atoms with Gasteiger partial charge >= 0.3 is 59.1 Å². The maximum absolute atomic E-state index is 11.6. The zero-order chi connectivity index (χ0) is 21.7. The first-order valence-corrected chi connectivity index (χ1v) is 10.2. The molecule has 2 aromatic carbocycles. The van der Waals surface area contributed by atoms with Crippen molar-refractivity contribution in [3.05, 3.63) is 63.8 Å². The fraction of sp³-hybridized carbons (Fsp3) is 0.273. The van der Waals surface area contributed by atoms with Gasteiger partial charge in [-0.15, -0.1) is 0 Å². The van der Waals surface area contributed by atoms with Gasteiger partial charge in [0.05, 0.1) is 11.7 Å². The molecular formula is C22H19Cl2NNa2O5. The van der Waals surface area contributed by atoms with Crippen LogP contribution in [0.25, 0.3) is 10.9 Å². The number of hydrogen-bond donors (Lipinski definition) is 0. The maximum atomic E-state index is 11.6. The molecule has 0 atom stereocenters. The van der Waals surface area contributed by atoms with Crippen molar-refractivity contribution in [1.29, 1.82) is 0 Å². The van der Waals surface area contributed by atoms with Crippen molar-refractivity contribution in [1.82, 2.24) is 4.57 Å². The van der Waals surface area contributed by atoms with Crippen molar-refractivity contribution < 1.29 is 83.7 Å². The number of rotatable bonds is 10. The minimum atomic E-state index is -1.27. The Bertz CT molecular complexity index is 1070. The van der Waals surface area contributed by atoms with Gasteiger partial charge in [0.25, 0.3) is 0 Å². The van der Waals surface area contributed by atoms with E-state index in [-0.39, 0.29) is 77.8 Å². The molecule has 10 heteroatoms. The van der Waals surface area contributed by atoms with E-state index in [0.717, 1.165) is 5.52 Å². The molecule has 0 amide bonds. The Labute approximate surface area is 240 Å². The number of fused-ring (bicyclic) bond motifs is 1. The molecule has 0 fully saturated rings. The molecule has 3 rings (SSSR count). The number of aliphatic carboxylic acids is 1. The van der Waals surface area contributed by atoms with E-state index in [9.17, 15) is 19.8 Å². The molecule has 1 aromatic heterocycles. The number of carboxylic acid groups (broad SMARTS) is 2. The van der Waals surface area contributed by atoms with E-state index in [4.69, 9.17) is 27.9 Å². The van der Waals surface area contributed by atoms with Crippen LogP contribution in [-0.4, -0.2) is 16.5 Å². The summed E-state index contributed by atoms with van der Waals surface area (Å²) in [5.74, 6) is -1.80. The van der Waals surface area contributed by atoms with Gasteiger partial charge in [0.15, 0.2) is 0 Å². The quantitative estimate of drug-likeness (QED) is 0.225. The first kappa shape index (κ1) is 29.3. The monoisotopic (exact) mass is 493 g/mol. The van der Waals surface area contributed by atoms with Crippen LogP contribution in [0.1, 0.15) is 41.7 Å². The van der Waals surface area contributed by atoms with Gasteiger partial charge < -0.3 is 29.1 Å². The molecule has 0 radical (unpaired) electrons. The number of ether oxygens (including phenoxy) is 1. The number of carboxylic acids is 2. The molecule has 0 aliphatic carbocycles. The van der Waals surface area contributed by atoms with Crippen LogP contribution in [0.2, 0.25) is 10.0 Å². The van der Waals surface area contributed by atoms with Gasteiger partial charge in [0, 0.05) is 39.0 Å². The Morgan fingerprint density at radius 2 is 1.62 bits per heavy atom. The second-order valence-electron chi connectivity index (χ2n) is 6.86. The first-order valence-electron chi connectivity index (χ1n) is 9.47. The summed E-state index contributed by atoms with van der Waals surface area (Å²) in [6, 6.07) is 12.0. The van der Waals surface area contributed by atoms with Crippen molar-refractivity contribution in [3.8, 4) is 5.75 Å². The van der Waals surface area contributed by atoms with Crippen molar-refractivity contribution in [2.75, 3.05) is 0 Å². The Hall–Kier alpha value is -0.700. The molecule has 0 bridgehead atoms. The third-order valence-electron chi connectivity index (χ3n) is 4.79. The molecule has 1 heterocycles. The van der Waals surface area contributed by atoms with Gasteiger partial charge in [-0.05, 0) is 55.7 Å². The Morgan fingerprint density at radius 1 is 0.938 bits per heavy atom. The van der Waals surface area contributed by atoms with Crippen LogP contribution in [0, 0.1) is 0 Å². The molecule has 0 unspecified atom stereocenters. The van der Waals surface area contributed by atoms with Gasteiger partial charge in [-0.1, -0.05) is 35.7 Å². The van der Waals surface area contributed by atoms with Gasteiger partial charge in [-0.3, -0.25) is 0 Å². The maximum Gasteiger partial charge on any atom is 1.00 e. The van der Waals surface area contributed by atoms with Gasteiger partial charge in [-0.25, -0.2) is 0 Å². The topological polar surface area (TPSA) is 94.4 Å². The molecular weight excluding hydrogens is 475 g/mol. The standard InChI is InChI=1S/C22H21Cl2NO5.2Na/c23-17-5-4-6-18(24)16(17)13-30-15-8-9-19-14(11-15)12-20(22(28)29)25(19)10-3-1-2-7-21(26)27;;/h4-6,8-9,11-12H,1-3,7,10,13H2,(H,26,27)(H,28,29);;/q;2*+1/p-2. The predicted molar refractivity (Wildman–Crippen MR) is 111 cm³/mol. The van der Waals surface area contributed by atoms with Crippen LogP contribution in [0.3, 0.4) is 0 Å². The third-order valence-corrected chi connectivity index (χ3v) is 5.50. The SMILES string of the molecule is O=C([O-])CCCCCn1c(C(=O)[O-])cc2cc(OCc3c(Cl)cccc3Cl)ccc21.[Na+].[Na+]. The van der Waals surface area contributed by atoms with E-state index in [0.29, 0.717) is 52.6 Å². The molecule has 0 spiro atoms. The summed E-state index contributed by atoms with van der Waals surface area (Å²) >= 11 is 12.3. The molecule has 158 valence electrons. The number of aromatic carboxylic acids is 1. The minimum absolute atomic E-state index is 0. The number of carbonyl (C=O) groups excluding carboxylic acids is 2. The summed E-state index contributed by atoms with van der Waals surface area (Å²) in [4.78, 5) is 22.1. The number of unbranched alkanes of at least 4 members (excludes halogenated alkanes) is 2. The van der Waals surface area contributed by atoms with Gasteiger partial charge in [0.2, 0.25) is 0 Å². The van der Waals surface area contributed by atoms with E-state index >= 15 is 0 Å². The fourth-order valence-electron chi connectivity index (χ4n) is 3.29. The second-order valence-corrected chi connectivity index (χ2v) is 7.68. The zero-order valence-electron chi connectivity index (χ0n) is 18.0. The van der Waals surface area contributed by atoms with E-state index < -0.39 is 11.9 Å². The number of hydrogen-bond acceptors (Lipinski definition) is 5. The second kappa shape index (κ2) is 13.9. The summed E-state index contributed by atoms with van der Waals surface area (Å²) in [7, 11) is 0. The third kappa shape index (κ3) is 7.67. The van der Waals surface area contributed by atoms with E-state index in [2.05, 4.69) is 0 Å². The molecule has 6 nitrogen and oxygen atoms in total. The number of aromatic nitrogens is 1. The van der Waals surface area contributed by atoms with Crippen LogP contribution >= 0.6 is 23.2 Å². The smallest absolute Gasteiger partial charge is 0.550 e. The van der Waals surface area contributed by atoms with Crippen LogP contribution in [0.15, 0.2) is 42.5 Å². The average Bonchev–Trinajstić information content (AvgIpc) is 3.05. The Kier molecular flexibility index (Phi) is 12.7. The number of aryl methyl sites for hydroxylation is 1. The summed E-state index contributed by atoms with van der Waals surface area (Å²) < 4.78 is 7.47. The molecule has 3 aromatic rings. The normalized spacial score (nSPS) is 10.3. The number of nitrogens with zero attached hydrogens (tertiary/aromatic N) is 1. The molecule has 32 heavy (non-hydrogen) atoms. The van der Waals surface area contributed by atoms with E-state index in [1.54, 1.807) is 47.0 Å². The summed E-state index contributed by atoms with van der Waals surface area (Å²) in [5.41, 5.74) is 1.47. The summed E-state index contributed by atoms with van der Waals surface area (Å²) in [6.45, 7) is 0.617. The van der Waals surface area contributed by atoms with Crippen molar-refractivity contribution >= 4 is 46.0 Å². The average molecular weight is 494 g/mol. The van der Waals surface area contributed by atoms with Crippen LogP contribution in [0.4, 0.5) is 0 Å². The van der Waals surface area contributed by atoms with E-state index in [1.807, 2.05) is 0 Å². The molecule has 0 saturated heterocycles. The Morgan fingerprint density at radius 3 is 2.25 bits per heavy atom. The van der Waals surface area contributed by atoms with Crippen molar-refractivity contribution in [2.45, 2.75) is 38.8 Å². The van der Waals surface area contributed by atoms with Gasteiger partial charge in [-0.2, -0.15) is 0 Å². The summed E-state index contributed by atoms with van der Waals surface area (Å²) in [6.07, 6.45) is 1.78. The minimum Gasteiger partial charge on any atom is -0.550 e. The molecule has 0 aliphatic heterocycles. The van der Waals surface area contributed by atoms with Crippen molar-refractivity contribution in [3.63, 3.8) is 0 Å². The van der Waals surface area contributed by atoms with Crippen LogP contribution in [-0.2, 0) is 17.9 Å². The number of benzene rings is 2. The van der Waals surface area contributed by atoms with Crippen LogP contribution < -0.4 is 74.1 Å². The molecule has 0 aliphatic rings. The first-order chi connectivity index (χ1) is 14.4. The predicted octanol–water partition coefficient (Wildman–Crippen LogP) is -2.79. The number of halogens is 2. The van der Waals surface area contributed by atoms with Crippen LogP contribution in [0.5, 0.6) is 5.75 Å². The van der Waals surface area contributed by atoms with Crippen molar-refractivity contribution in [2.24, 2.45) is 0 Å². The molecule has 0 N–H and O–H groups in total. The van der Waals surface area contributed by atoms with Gasteiger partial charge in [0.1, 0.15) is 12.4 Å². The largest absolute Gasteiger partial charge is 1.00 e. The Balaban J connectivity index is 0.00000256.